The fourth-order valence-corrected chi connectivity index (χ4v) is 3.69. The molecule has 0 amide bonds. The fraction of sp³-hybridized carbons (Fsp3) is 0.500. The first-order valence-electron chi connectivity index (χ1n) is 9.61. The molecule has 6 nitrogen and oxygen atoms in total. The summed E-state index contributed by atoms with van der Waals surface area (Å²) in [5.41, 5.74) is 0.847. The maximum atomic E-state index is 13.2. The molecule has 1 aliphatic heterocycles. The highest BCUT2D eigenvalue weighted by Crippen LogP contribution is 2.19. The number of aromatic nitrogens is 2. The molecule has 1 aromatic carbocycles. The van der Waals surface area contributed by atoms with Gasteiger partial charge in [-0.2, -0.15) is 0 Å². The van der Waals surface area contributed by atoms with Crippen molar-refractivity contribution in [3.8, 4) is 0 Å². The Morgan fingerprint density at radius 1 is 1.07 bits per heavy atom. The summed E-state index contributed by atoms with van der Waals surface area (Å²) in [5.74, 6) is -0.308. The van der Waals surface area contributed by atoms with Crippen LogP contribution in [0.1, 0.15) is 24.0 Å². The number of benzene rings is 1. The Balaban J connectivity index is 1.38. The molecule has 1 aliphatic rings. The van der Waals surface area contributed by atoms with Gasteiger partial charge >= 0.3 is 5.69 Å². The summed E-state index contributed by atoms with van der Waals surface area (Å²) in [7, 11) is 0. The van der Waals surface area contributed by atoms with Crippen LogP contribution in [0.3, 0.4) is 0 Å². The molecular weight excluding hydrogens is 383 g/mol. The van der Waals surface area contributed by atoms with Gasteiger partial charge in [0.2, 0.25) is 0 Å². The molecule has 0 radical (unpaired) electrons. The minimum atomic E-state index is -0.344. The van der Waals surface area contributed by atoms with Crippen molar-refractivity contribution in [1.82, 2.24) is 19.4 Å². The predicted molar refractivity (Wildman–Crippen MR) is 108 cm³/mol. The van der Waals surface area contributed by atoms with Crippen molar-refractivity contribution in [3.05, 3.63) is 67.2 Å². The average Bonchev–Trinajstić information content (AvgIpc) is 2.66. The molecular formula is C20H26ClFN4O2. The van der Waals surface area contributed by atoms with Gasteiger partial charge in [0.05, 0.1) is 0 Å². The molecule has 0 atom stereocenters. The number of nitrogens with zero attached hydrogens (tertiary/aromatic N) is 3. The number of hydrogen-bond donors (Lipinski definition) is 1. The van der Waals surface area contributed by atoms with E-state index < -0.39 is 0 Å². The number of aromatic amines is 1. The second-order valence-corrected chi connectivity index (χ2v) is 7.73. The maximum absolute atomic E-state index is 13.2. The van der Waals surface area contributed by atoms with E-state index >= 15 is 0 Å². The SMILES string of the molecule is Cc1cn(CCCCN2CCN(Cc3ccc(F)cc3Cl)CC2)c(=O)[nH]c1=O. The van der Waals surface area contributed by atoms with E-state index in [-0.39, 0.29) is 17.1 Å². The number of piperazine rings is 1. The zero-order chi connectivity index (χ0) is 20.1. The maximum Gasteiger partial charge on any atom is 0.328 e. The van der Waals surface area contributed by atoms with Gasteiger partial charge in [0.25, 0.3) is 5.56 Å². The highest BCUT2D eigenvalue weighted by molar-refractivity contribution is 6.31. The van der Waals surface area contributed by atoms with Crippen molar-refractivity contribution in [3.63, 3.8) is 0 Å². The number of unbranched alkanes of at least 4 members (excludes halogenated alkanes) is 1. The summed E-state index contributed by atoms with van der Waals surface area (Å²) >= 11 is 6.12. The second-order valence-electron chi connectivity index (χ2n) is 7.33. The van der Waals surface area contributed by atoms with Crippen LogP contribution in [0.2, 0.25) is 5.02 Å². The first kappa shape index (κ1) is 20.8. The number of aryl methyl sites for hydroxylation is 2. The van der Waals surface area contributed by atoms with Crippen molar-refractivity contribution < 1.29 is 4.39 Å². The van der Waals surface area contributed by atoms with Crippen molar-refractivity contribution in [1.29, 1.82) is 0 Å². The molecule has 1 saturated heterocycles. The molecule has 152 valence electrons. The van der Waals surface area contributed by atoms with Crippen LogP contribution in [-0.4, -0.2) is 52.1 Å². The molecule has 28 heavy (non-hydrogen) atoms. The van der Waals surface area contributed by atoms with Crippen molar-refractivity contribution in [2.75, 3.05) is 32.7 Å². The van der Waals surface area contributed by atoms with Crippen LogP contribution in [-0.2, 0) is 13.1 Å². The number of H-pyrrole nitrogens is 1. The van der Waals surface area contributed by atoms with Gasteiger partial charge in [0.1, 0.15) is 5.82 Å². The molecule has 0 spiro atoms. The molecule has 8 heteroatoms. The average molecular weight is 409 g/mol. The molecule has 0 saturated carbocycles. The smallest absolute Gasteiger partial charge is 0.301 e. The van der Waals surface area contributed by atoms with Crippen LogP contribution in [0, 0.1) is 12.7 Å². The minimum absolute atomic E-state index is 0.308. The van der Waals surface area contributed by atoms with Gasteiger partial charge in [-0.05, 0) is 44.0 Å². The van der Waals surface area contributed by atoms with E-state index in [1.54, 1.807) is 23.8 Å². The van der Waals surface area contributed by atoms with Gasteiger partial charge in [-0.1, -0.05) is 17.7 Å². The summed E-state index contributed by atoms with van der Waals surface area (Å²) in [6.45, 7) is 7.90. The lowest BCUT2D eigenvalue weighted by atomic mass is 10.2. The van der Waals surface area contributed by atoms with Crippen LogP contribution >= 0.6 is 11.6 Å². The Hall–Kier alpha value is -1.96. The molecule has 3 rings (SSSR count). The Kier molecular flexibility index (Phi) is 7.04. The first-order chi connectivity index (χ1) is 13.4. The number of nitrogens with one attached hydrogen (secondary N) is 1. The summed E-state index contributed by atoms with van der Waals surface area (Å²) in [4.78, 5) is 30.3. The van der Waals surface area contributed by atoms with E-state index in [0.29, 0.717) is 17.1 Å². The van der Waals surface area contributed by atoms with E-state index in [1.165, 1.54) is 12.1 Å². The Morgan fingerprint density at radius 3 is 2.46 bits per heavy atom. The normalized spacial score (nSPS) is 15.8. The monoisotopic (exact) mass is 408 g/mol. The lowest BCUT2D eigenvalue weighted by Gasteiger charge is -2.34. The Morgan fingerprint density at radius 2 is 1.75 bits per heavy atom. The third-order valence-corrected chi connectivity index (χ3v) is 5.54. The van der Waals surface area contributed by atoms with Crippen LogP contribution in [0.25, 0.3) is 0 Å². The van der Waals surface area contributed by atoms with Gasteiger partial charge in [-0.25, -0.2) is 9.18 Å². The number of hydrogen-bond acceptors (Lipinski definition) is 4. The minimum Gasteiger partial charge on any atom is -0.301 e. The summed E-state index contributed by atoms with van der Waals surface area (Å²) in [6, 6.07) is 4.57. The third kappa shape index (κ3) is 5.53. The van der Waals surface area contributed by atoms with E-state index in [0.717, 1.165) is 57.7 Å². The van der Waals surface area contributed by atoms with Gasteiger partial charge in [0, 0.05) is 56.1 Å². The highest BCUT2D eigenvalue weighted by Gasteiger charge is 2.17. The van der Waals surface area contributed by atoms with Crippen LogP contribution in [0.5, 0.6) is 0 Å². The van der Waals surface area contributed by atoms with Gasteiger partial charge in [0.15, 0.2) is 0 Å². The largest absolute Gasteiger partial charge is 0.328 e. The molecule has 0 unspecified atom stereocenters. The molecule has 2 aromatic rings. The number of halogens is 2. The molecule has 1 N–H and O–H groups in total. The summed E-state index contributed by atoms with van der Waals surface area (Å²) in [5, 5.41) is 0.482. The van der Waals surface area contributed by atoms with Gasteiger partial charge < -0.3 is 9.47 Å². The third-order valence-electron chi connectivity index (χ3n) is 5.19. The van der Waals surface area contributed by atoms with E-state index in [9.17, 15) is 14.0 Å². The molecule has 1 aromatic heterocycles. The zero-order valence-corrected chi connectivity index (χ0v) is 16.8. The fourth-order valence-electron chi connectivity index (χ4n) is 3.46. The quantitative estimate of drug-likeness (QED) is 0.714. The first-order valence-corrected chi connectivity index (χ1v) is 9.99. The van der Waals surface area contributed by atoms with Gasteiger partial charge in [-0.15, -0.1) is 0 Å². The molecule has 0 aliphatic carbocycles. The number of rotatable bonds is 7. The topological polar surface area (TPSA) is 61.3 Å². The standard InChI is InChI=1S/C20H26ClFN4O2/c1-15-13-26(20(28)23-19(15)27)7-3-2-6-24-8-10-25(11-9-24)14-16-4-5-17(22)12-18(16)21/h4-5,12-13H,2-3,6-11,14H2,1H3,(H,23,27,28). The molecule has 1 fully saturated rings. The van der Waals surface area contributed by atoms with E-state index in [1.807, 2.05) is 0 Å². The van der Waals surface area contributed by atoms with E-state index in [2.05, 4.69) is 14.8 Å². The van der Waals surface area contributed by atoms with Crippen LogP contribution in [0.4, 0.5) is 4.39 Å². The van der Waals surface area contributed by atoms with Crippen molar-refractivity contribution in [2.24, 2.45) is 0 Å². The summed E-state index contributed by atoms with van der Waals surface area (Å²) < 4.78 is 14.7. The van der Waals surface area contributed by atoms with Crippen LogP contribution < -0.4 is 11.2 Å². The second kappa shape index (κ2) is 9.49. The zero-order valence-electron chi connectivity index (χ0n) is 16.1. The van der Waals surface area contributed by atoms with Crippen molar-refractivity contribution in [2.45, 2.75) is 32.9 Å². The summed E-state index contributed by atoms with van der Waals surface area (Å²) in [6.07, 6.45) is 3.51. The van der Waals surface area contributed by atoms with E-state index in [4.69, 9.17) is 11.6 Å². The van der Waals surface area contributed by atoms with Gasteiger partial charge in [-0.3, -0.25) is 14.7 Å². The lowest BCUT2D eigenvalue weighted by Crippen LogP contribution is -2.46. The molecule has 0 bridgehead atoms. The molecule has 2 heterocycles. The Bertz CT molecular complexity index is 919. The van der Waals surface area contributed by atoms with Crippen LogP contribution in [0.15, 0.2) is 34.0 Å². The van der Waals surface area contributed by atoms with Crippen molar-refractivity contribution >= 4 is 11.6 Å². The Labute approximate surface area is 168 Å². The highest BCUT2D eigenvalue weighted by atomic mass is 35.5. The predicted octanol–water partition coefficient (Wildman–Crippen LogP) is 2.24. The lowest BCUT2D eigenvalue weighted by molar-refractivity contribution is 0.125.